The molecule has 0 saturated carbocycles. The Morgan fingerprint density at radius 2 is 1.71 bits per heavy atom. The van der Waals surface area contributed by atoms with E-state index in [0.29, 0.717) is 22.3 Å². The van der Waals surface area contributed by atoms with Crippen LogP contribution in [0.5, 0.6) is 0 Å². The van der Waals surface area contributed by atoms with Crippen molar-refractivity contribution in [3.05, 3.63) is 66.0 Å². The summed E-state index contributed by atoms with van der Waals surface area (Å²) in [6.45, 7) is 3.06. The zero-order valence-corrected chi connectivity index (χ0v) is 19.3. The molecule has 0 spiro atoms. The molecule has 3 aromatic rings. The molecule has 1 heterocycles. The summed E-state index contributed by atoms with van der Waals surface area (Å²) in [5.74, 6) is -3.18. The van der Waals surface area contributed by atoms with Crippen molar-refractivity contribution in [1.29, 1.82) is 0 Å². The normalized spacial score (nSPS) is 11.9. The van der Waals surface area contributed by atoms with Crippen molar-refractivity contribution in [2.75, 3.05) is 19.0 Å². The van der Waals surface area contributed by atoms with Crippen LogP contribution in [0.25, 0.3) is 11.0 Å². The number of Topliss-reactive ketones (excluding diaryl/α,β-unsaturated/α-hetero) is 1. The number of anilines is 1. The van der Waals surface area contributed by atoms with E-state index in [4.69, 9.17) is 4.74 Å². The minimum atomic E-state index is -1.42. The van der Waals surface area contributed by atoms with Gasteiger partial charge < -0.3 is 14.8 Å². The molecule has 0 fully saturated rings. The number of hydrazone groups is 1. The number of aromatic nitrogens is 2. The van der Waals surface area contributed by atoms with Crippen molar-refractivity contribution in [2.24, 2.45) is 5.10 Å². The van der Waals surface area contributed by atoms with Crippen molar-refractivity contribution in [3.63, 3.8) is 0 Å². The van der Waals surface area contributed by atoms with E-state index in [1.807, 2.05) is 0 Å². The average Bonchev–Trinajstić information content (AvgIpc) is 2.86. The summed E-state index contributed by atoms with van der Waals surface area (Å²) in [7, 11) is 1.12. The highest BCUT2D eigenvalue weighted by Crippen LogP contribution is 2.21. The third-order valence-electron chi connectivity index (χ3n) is 4.79. The van der Waals surface area contributed by atoms with Crippen LogP contribution in [0, 0.1) is 0 Å². The van der Waals surface area contributed by atoms with Crippen LogP contribution in [0.15, 0.2) is 59.8 Å². The lowest BCUT2D eigenvalue weighted by molar-refractivity contribution is -0.143. The Bertz CT molecular complexity index is 1290. The third kappa shape index (κ3) is 6.22. The lowest BCUT2D eigenvalue weighted by Crippen LogP contribution is -2.36. The fourth-order valence-corrected chi connectivity index (χ4v) is 3.09. The average molecular weight is 477 g/mol. The zero-order chi connectivity index (χ0) is 25.4. The van der Waals surface area contributed by atoms with Crippen molar-refractivity contribution < 1.29 is 28.7 Å². The van der Waals surface area contributed by atoms with Crippen LogP contribution in [-0.4, -0.2) is 53.1 Å². The van der Waals surface area contributed by atoms with Gasteiger partial charge in [0.25, 0.3) is 5.91 Å². The molecule has 1 aromatic heterocycles. The second-order valence-electron chi connectivity index (χ2n) is 7.16. The van der Waals surface area contributed by atoms with Crippen molar-refractivity contribution in [1.82, 2.24) is 15.4 Å². The molecule has 2 N–H and O–H groups in total. The maximum Gasteiger partial charge on any atom is 0.427 e. The first-order chi connectivity index (χ1) is 16.8. The maximum absolute atomic E-state index is 13.3. The van der Waals surface area contributed by atoms with Crippen molar-refractivity contribution in [3.8, 4) is 0 Å². The molecule has 0 bridgehead atoms. The predicted molar refractivity (Wildman–Crippen MR) is 127 cm³/mol. The maximum atomic E-state index is 13.3. The molecular formula is C24H23N5O6. The number of carbonyl (C=O) groups excluding carboxylic acids is 4. The quantitative estimate of drug-likeness (QED) is 0.218. The summed E-state index contributed by atoms with van der Waals surface area (Å²) in [5, 5.41) is 6.46. The molecule has 0 radical (unpaired) electrons. The predicted octanol–water partition coefficient (Wildman–Crippen LogP) is 2.83. The highest BCUT2D eigenvalue weighted by atomic mass is 16.5. The molecule has 1 unspecified atom stereocenters. The van der Waals surface area contributed by atoms with Gasteiger partial charge in [-0.25, -0.2) is 15.2 Å². The van der Waals surface area contributed by atoms with Crippen LogP contribution in [0.3, 0.4) is 0 Å². The SMILES string of the molecule is CCOC(=O)C(C(=NNC(=O)OC)C(=O)Nc1ccc(C(C)=O)cc1)c1cnc2ccccc2n1. The number of nitrogens with one attached hydrogen (secondary N) is 2. The van der Waals surface area contributed by atoms with Gasteiger partial charge in [-0.15, -0.1) is 0 Å². The lowest BCUT2D eigenvalue weighted by atomic mass is 9.98. The Balaban J connectivity index is 2.05. The number of para-hydroxylation sites is 2. The fraction of sp³-hybridized carbons (Fsp3) is 0.208. The Hall–Kier alpha value is -4.67. The number of hydrogen-bond donors (Lipinski definition) is 2. The number of carbonyl (C=O) groups is 4. The molecule has 11 nitrogen and oxygen atoms in total. The van der Waals surface area contributed by atoms with Crippen LogP contribution >= 0.6 is 0 Å². The summed E-state index contributed by atoms with van der Waals surface area (Å²) in [6.07, 6.45) is 0.389. The first-order valence-corrected chi connectivity index (χ1v) is 10.6. The summed E-state index contributed by atoms with van der Waals surface area (Å²) < 4.78 is 9.70. The molecular weight excluding hydrogens is 454 g/mol. The number of fused-ring (bicyclic) bond motifs is 1. The molecule has 2 amide bonds. The molecule has 3 rings (SSSR count). The smallest absolute Gasteiger partial charge is 0.427 e. The minimum Gasteiger partial charge on any atom is -0.465 e. The van der Waals surface area contributed by atoms with Crippen LogP contribution in [0.2, 0.25) is 0 Å². The van der Waals surface area contributed by atoms with E-state index in [0.717, 1.165) is 7.11 Å². The highest BCUT2D eigenvalue weighted by molar-refractivity contribution is 6.48. The number of nitrogens with zero attached hydrogens (tertiary/aromatic N) is 3. The van der Waals surface area contributed by atoms with Crippen LogP contribution in [0.4, 0.5) is 10.5 Å². The number of hydrogen-bond acceptors (Lipinski definition) is 9. The van der Waals surface area contributed by atoms with E-state index in [1.54, 1.807) is 43.3 Å². The van der Waals surface area contributed by atoms with Gasteiger partial charge in [0.05, 0.1) is 36.6 Å². The second-order valence-corrected chi connectivity index (χ2v) is 7.16. The minimum absolute atomic E-state index is 0.0299. The van der Waals surface area contributed by atoms with E-state index in [1.165, 1.54) is 25.3 Å². The van der Waals surface area contributed by atoms with E-state index >= 15 is 0 Å². The number of rotatable bonds is 8. The van der Waals surface area contributed by atoms with E-state index in [-0.39, 0.29) is 18.1 Å². The van der Waals surface area contributed by atoms with Gasteiger partial charge in [0.1, 0.15) is 11.6 Å². The van der Waals surface area contributed by atoms with Gasteiger partial charge in [0.15, 0.2) is 5.78 Å². The first-order valence-electron chi connectivity index (χ1n) is 10.6. The molecule has 180 valence electrons. The Morgan fingerprint density at radius 1 is 1.03 bits per heavy atom. The molecule has 0 aliphatic carbocycles. The molecule has 0 aliphatic heterocycles. The number of ketones is 1. The number of benzene rings is 2. The van der Waals surface area contributed by atoms with E-state index in [2.05, 4.69) is 30.5 Å². The monoisotopic (exact) mass is 477 g/mol. The van der Waals surface area contributed by atoms with Gasteiger partial charge in [0, 0.05) is 11.3 Å². The molecule has 1 atom stereocenters. The summed E-state index contributed by atoms with van der Waals surface area (Å²) in [5.41, 5.74) is 3.62. The number of ether oxygens (including phenoxy) is 2. The second kappa shape index (κ2) is 11.5. The largest absolute Gasteiger partial charge is 0.465 e. The summed E-state index contributed by atoms with van der Waals surface area (Å²) >= 11 is 0. The van der Waals surface area contributed by atoms with Crippen LogP contribution in [-0.2, 0) is 19.1 Å². The Kier molecular flexibility index (Phi) is 8.17. The molecule has 0 saturated heterocycles. The van der Waals surface area contributed by atoms with Gasteiger partial charge in [0.2, 0.25) is 0 Å². The Labute approximate surface area is 200 Å². The van der Waals surface area contributed by atoms with Gasteiger partial charge in [-0.2, -0.15) is 5.10 Å². The van der Waals surface area contributed by atoms with Crippen molar-refractivity contribution >= 4 is 46.2 Å². The number of methoxy groups -OCH3 is 1. The fourth-order valence-electron chi connectivity index (χ4n) is 3.09. The van der Waals surface area contributed by atoms with Crippen LogP contribution in [0.1, 0.15) is 35.8 Å². The van der Waals surface area contributed by atoms with Gasteiger partial charge in [-0.1, -0.05) is 12.1 Å². The topological polar surface area (TPSA) is 149 Å². The summed E-state index contributed by atoms with van der Waals surface area (Å²) in [6, 6.07) is 13.1. The van der Waals surface area contributed by atoms with E-state index < -0.39 is 29.6 Å². The first kappa shape index (κ1) is 25.0. The standard InChI is InChI=1S/C24H23N5O6/c1-4-35-23(32)20(19-13-25-17-7-5-6-8-18(17)27-19)21(28-29-24(33)34-3)22(31)26-16-11-9-15(10-12-16)14(2)30/h5-13,20H,4H2,1-3H3,(H,26,31)(H,29,33). The van der Waals surface area contributed by atoms with E-state index in [9.17, 15) is 19.2 Å². The molecule has 2 aromatic carbocycles. The molecule has 11 heteroatoms. The number of amides is 2. The zero-order valence-electron chi connectivity index (χ0n) is 19.3. The van der Waals surface area contributed by atoms with Crippen LogP contribution < -0.4 is 10.7 Å². The van der Waals surface area contributed by atoms with Gasteiger partial charge in [-0.3, -0.25) is 19.4 Å². The summed E-state index contributed by atoms with van der Waals surface area (Å²) in [4.78, 5) is 58.2. The molecule has 0 aliphatic rings. The van der Waals surface area contributed by atoms with Gasteiger partial charge in [-0.05, 0) is 50.2 Å². The third-order valence-corrected chi connectivity index (χ3v) is 4.79. The highest BCUT2D eigenvalue weighted by Gasteiger charge is 2.35. The number of esters is 1. The lowest BCUT2D eigenvalue weighted by Gasteiger charge is -2.17. The molecule has 35 heavy (non-hydrogen) atoms. The van der Waals surface area contributed by atoms with Gasteiger partial charge >= 0.3 is 12.1 Å². The van der Waals surface area contributed by atoms with Crippen molar-refractivity contribution in [2.45, 2.75) is 19.8 Å². The Morgan fingerprint density at radius 3 is 2.34 bits per heavy atom.